The minimum Gasteiger partial charge on any atom is -0.489 e. The van der Waals surface area contributed by atoms with Gasteiger partial charge in [0.25, 0.3) is 5.91 Å². The Morgan fingerprint density at radius 1 is 0.964 bits per heavy atom. The first kappa shape index (κ1) is 18.1. The van der Waals surface area contributed by atoms with Gasteiger partial charge in [-0.15, -0.1) is 11.3 Å². The van der Waals surface area contributed by atoms with Gasteiger partial charge in [0.05, 0.1) is 10.6 Å². The number of carbonyl (C=O) groups is 1. The van der Waals surface area contributed by atoms with Gasteiger partial charge in [0.1, 0.15) is 24.0 Å². The molecule has 0 aliphatic heterocycles. The summed E-state index contributed by atoms with van der Waals surface area (Å²) in [5.74, 6) is -1.22. The van der Waals surface area contributed by atoms with Gasteiger partial charge in [0.15, 0.2) is 0 Å². The van der Waals surface area contributed by atoms with Crippen molar-refractivity contribution in [3.63, 3.8) is 0 Å². The highest BCUT2D eigenvalue weighted by Crippen LogP contribution is 2.23. The Morgan fingerprint density at radius 3 is 2.61 bits per heavy atom. The molecule has 0 spiro atoms. The molecule has 140 valence electrons. The van der Waals surface area contributed by atoms with Crippen LogP contribution in [0.25, 0.3) is 10.8 Å². The molecule has 1 N–H and O–H groups in total. The molecule has 0 aliphatic rings. The average molecular weight is 395 g/mol. The number of rotatable bonds is 5. The summed E-state index contributed by atoms with van der Waals surface area (Å²) < 4.78 is 32.5. The highest BCUT2D eigenvalue weighted by atomic mass is 32.1. The normalized spacial score (nSPS) is 10.8. The molecule has 0 saturated heterocycles. The zero-order valence-corrected chi connectivity index (χ0v) is 15.4. The van der Waals surface area contributed by atoms with E-state index in [4.69, 9.17) is 4.74 Å². The topological polar surface area (TPSA) is 38.3 Å². The van der Waals surface area contributed by atoms with Crippen molar-refractivity contribution in [2.45, 2.75) is 6.61 Å². The molecule has 0 unspecified atom stereocenters. The number of ether oxygens (including phenoxy) is 1. The molecule has 0 radical (unpaired) electrons. The van der Waals surface area contributed by atoms with Crippen molar-refractivity contribution in [1.82, 2.24) is 0 Å². The summed E-state index contributed by atoms with van der Waals surface area (Å²) in [7, 11) is 0. The Labute approximate surface area is 164 Å². The zero-order chi connectivity index (χ0) is 19.5. The number of amides is 1. The smallest absolute Gasteiger partial charge is 0.265 e. The monoisotopic (exact) mass is 395 g/mol. The number of hydrogen-bond donors (Lipinski definition) is 1. The summed E-state index contributed by atoms with van der Waals surface area (Å²) in [6.45, 7) is 0.313. The zero-order valence-electron chi connectivity index (χ0n) is 14.6. The van der Waals surface area contributed by atoms with Crippen molar-refractivity contribution < 1.29 is 18.3 Å². The molecule has 1 heterocycles. The van der Waals surface area contributed by atoms with Gasteiger partial charge in [0.2, 0.25) is 0 Å². The second kappa shape index (κ2) is 7.78. The Morgan fingerprint density at radius 2 is 1.79 bits per heavy atom. The number of nitrogens with one attached hydrogen (secondary N) is 1. The SMILES string of the molecule is O=C(Nc1ccc(F)cc1F)c1cc(COc2ccc3ccccc3c2)cs1. The van der Waals surface area contributed by atoms with Crippen LogP contribution in [0, 0.1) is 11.6 Å². The number of halogens is 2. The van der Waals surface area contributed by atoms with Crippen molar-refractivity contribution in [1.29, 1.82) is 0 Å². The van der Waals surface area contributed by atoms with Crippen LogP contribution in [0.5, 0.6) is 5.75 Å². The number of hydrogen-bond acceptors (Lipinski definition) is 3. The van der Waals surface area contributed by atoms with Gasteiger partial charge < -0.3 is 10.1 Å². The fourth-order valence-corrected chi connectivity index (χ4v) is 3.56. The van der Waals surface area contributed by atoms with E-state index in [2.05, 4.69) is 5.32 Å². The van der Waals surface area contributed by atoms with Gasteiger partial charge in [0, 0.05) is 11.6 Å². The van der Waals surface area contributed by atoms with E-state index in [0.29, 0.717) is 11.5 Å². The van der Waals surface area contributed by atoms with E-state index in [0.717, 1.165) is 34.2 Å². The summed E-state index contributed by atoms with van der Waals surface area (Å²) >= 11 is 1.24. The minimum atomic E-state index is -0.815. The van der Waals surface area contributed by atoms with Crippen LogP contribution in [0.3, 0.4) is 0 Å². The molecule has 0 fully saturated rings. The second-order valence-electron chi connectivity index (χ2n) is 6.20. The molecule has 4 aromatic rings. The number of thiophene rings is 1. The minimum absolute atomic E-state index is 0.0613. The van der Waals surface area contributed by atoms with Gasteiger partial charge in [-0.2, -0.15) is 0 Å². The lowest BCUT2D eigenvalue weighted by Crippen LogP contribution is -2.11. The lowest BCUT2D eigenvalue weighted by Gasteiger charge is -2.06. The third-order valence-electron chi connectivity index (χ3n) is 4.18. The fourth-order valence-electron chi connectivity index (χ4n) is 2.77. The van der Waals surface area contributed by atoms with E-state index in [1.54, 1.807) is 6.07 Å². The van der Waals surface area contributed by atoms with E-state index >= 15 is 0 Å². The number of carbonyl (C=O) groups excluding carboxylic acids is 1. The molecule has 0 aliphatic carbocycles. The fraction of sp³-hybridized carbons (Fsp3) is 0.0455. The first-order chi connectivity index (χ1) is 13.6. The maximum atomic E-state index is 13.7. The molecule has 0 atom stereocenters. The van der Waals surface area contributed by atoms with Crippen LogP contribution in [0.1, 0.15) is 15.2 Å². The lowest BCUT2D eigenvalue weighted by molar-refractivity contribution is 0.103. The Hall–Kier alpha value is -3.25. The van der Waals surface area contributed by atoms with Crippen LogP contribution in [-0.4, -0.2) is 5.91 Å². The van der Waals surface area contributed by atoms with Crippen molar-refractivity contribution in [3.05, 3.63) is 94.2 Å². The van der Waals surface area contributed by atoms with Gasteiger partial charge in [-0.05, 0) is 46.5 Å². The van der Waals surface area contributed by atoms with E-state index in [-0.39, 0.29) is 5.69 Å². The molecule has 0 saturated carbocycles. The predicted molar refractivity (Wildman–Crippen MR) is 107 cm³/mol. The van der Waals surface area contributed by atoms with E-state index in [9.17, 15) is 13.6 Å². The Balaban J connectivity index is 1.41. The highest BCUT2D eigenvalue weighted by molar-refractivity contribution is 7.12. The van der Waals surface area contributed by atoms with Crippen molar-refractivity contribution in [2.24, 2.45) is 0 Å². The molecule has 0 bridgehead atoms. The summed E-state index contributed by atoms with van der Waals surface area (Å²) in [4.78, 5) is 12.7. The second-order valence-corrected chi connectivity index (χ2v) is 7.11. The van der Waals surface area contributed by atoms with Gasteiger partial charge in [-0.3, -0.25) is 4.79 Å². The first-order valence-electron chi connectivity index (χ1n) is 8.54. The molecule has 28 heavy (non-hydrogen) atoms. The molecular formula is C22H15F2NO2S. The predicted octanol–water partition coefficient (Wildman–Crippen LogP) is 6.01. The summed E-state index contributed by atoms with van der Waals surface area (Å²) in [5, 5.41) is 6.49. The molecule has 1 amide bonds. The molecule has 6 heteroatoms. The molecule has 3 aromatic carbocycles. The molecule has 4 rings (SSSR count). The quantitative estimate of drug-likeness (QED) is 0.449. The summed E-state index contributed by atoms with van der Waals surface area (Å²) in [6, 6.07) is 18.6. The van der Waals surface area contributed by atoms with Crippen LogP contribution < -0.4 is 10.1 Å². The van der Waals surface area contributed by atoms with Gasteiger partial charge >= 0.3 is 0 Å². The van der Waals surface area contributed by atoms with Crippen molar-refractivity contribution >= 4 is 33.7 Å². The van der Waals surface area contributed by atoms with Crippen LogP contribution in [-0.2, 0) is 6.61 Å². The third-order valence-corrected chi connectivity index (χ3v) is 5.16. The van der Waals surface area contributed by atoms with Crippen LogP contribution in [0.15, 0.2) is 72.1 Å². The molecular weight excluding hydrogens is 380 g/mol. The average Bonchev–Trinajstić information content (AvgIpc) is 3.17. The summed E-state index contributed by atoms with van der Waals surface area (Å²) in [5.41, 5.74) is 0.775. The van der Waals surface area contributed by atoms with Crippen molar-refractivity contribution in [2.75, 3.05) is 5.32 Å². The van der Waals surface area contributed by atoms with Crippen LogP contribution in [0.4, 0.5) is 14.5 Å². The third kappa shape index (κ3) is 4.02. The summed E-state index contributed by atoms with van der Waals surface area (Å²) in [6.07, 6.45) is 0. The molecule has 3 nitrogen and oxygen atoms in total. The maximum Gasteiger partial charge on any atom is 0.265 e. The first-order valence-corrected chi connectivity index (χ1v) is 9.42. The Kier molecular flexibility index (Phi) is 5.04. The van der Waals surface area contributed by atoms with E-state index in [1.807, 2.05) is 47.8 Å². The largest absolute Gasteiger partial charge is 0.489 e. The Bertz CT molecular complexity index is 1160. The van der Waals surface area contributed by atoms with E-state index in [1.165, 1.54) is 17.4 Å². The molecule has 1 aromatic heterocycles. The van der Waals surface area contributed by atoms with Crippen LogP contribution >= 0.6 is 11.3 Å². The number of fused-ring (bicyclic) bond motifs is 1. The maximum absolute atomic E-state index is 13.7. The van der Waals surface area contributed by atoms with E-state index < -0.39 is 17.5 Å². The lowest BCUT2D eigenvalue weighted by atomic mass is 10.1. The number of anilines is 1. The van der Waals surface area contributed by atoms with Crippen molar-refractivity contribution in [3.8, 4) is 5.75 Å². The highest BCUT2D eigenvalue weighted by Gasteiger charge is 2.13. The van der Waals surface area contributed by atoms with Crippen LogP contribution in [0.2, 0.25) is 0 Å². The van der Waals surface area contributed by atoms with Gasteiger partial charge in [-0.25, -0.2) is 8.78 Å². The standard InChI is InChI=1S/C22H15F2NO2S/c23-17-6-8-20(19(24)11-17)25-22(26)21-9-14(13-28-21)12-27-18-7-5-15-3-1-2-4-16(15)10-18/h1-11,13H,12H2,(H,25,26). The van der Waals surface area contributed by atoms with Gasteiger partial charge in [-0.1, -0.05) is 30.3 Å². The number of benzene rings is 3.